The van der Waals surface area contributed by atoms with Gasteiger partial charge in [0, 0.05) is 13.0 Å². The van der Waals surface area contributed by atoms with E-state index in [0.717, 1.165) is 26.1 Å². The van der Waals surface area contributed by atoms with E-state index in [1.54, 1.807) is 0 Å². The minimum Gasteiger partial charge on any atom is -0.469 e. The lowest BCUT2D eigenvalue weighted by molar-refractivity contribution is -0.141. The molecule has 3 heteroatoms. The number of methoxy groups -OCH3 is 1. The molecular formula is C18H32O3. The standard InChI is InChI=1S/C18H32O3/c1-6-7-8-21-13-14(2)11-18(3,4)12-16-9-15(16)10-17(19)20-5/h11,15-16H,6-10,12-13H2,1-5H3/b14-11+. The van der Waals surface area contributed by atoms with Crippen molar-refractivity contribution in [3.63, 3.8) is 0 Å². The van der Waals surface area contributed by atoms with E-state index in [1.165, 1.54) is 25.5 Å². The van der Waals surface area contributed by atoms with Crippen LogP contribution in [0.4, 0.5) is 0 Å². The fourth-order valence-corrected chi connectivity index (χ4v) is 3.03. The third-order valence-electron chi connectivity index (χ3n) is 4.12. The number of hydrogen-bond acceptors (Lipinski definition) is 3. The lowest BCUT2D eigenvalue weighted by atomic mass is 9.84. The number of allylic oxidation sites excluding steroid dienone is 1. The summed E-state index contributed by atoms with van der Waals surface area (Å²) in [5, 5.41) is 0. The number of esters is 1. The molecule has 3 nitrogen and oxygen atoms in total. The van der Waals surface area contributed by atoms with E-state index >= 15 is 0 Å². The molecule has 1 rings (SSSR count). The molecule has 21 heavy (non-hydrogen) atoms. The van der Waals surface area contributed by atoms with Crippen LogP contribution >= 0.6 is 0 Å². The van der Waals surface area contributed by atoms with E-state index in [2.05, 4.69) is 33.8 Å². The molecule has 0 radical (unpaired) electrons. The van der Waals surface area contributed by atoms with Gasteiger partial charge in [-0.25, -0.2) is 0 Å². The van der Waals surface area contributed by atoms with Crippen molar-refractivity contribution in [2.45, 2.75) is 59.8 Å². The van der Waals surface area contributed by atoms with Gasteiger partial charge in [-0.2, -0.15) is 0 Å². The van der Waals surface area contributed by atoms with Crippen molar-refractivity contribution in [2.75, 3.05) is 20.3 Å². The first kappa shape index (κ1) is 18.2. The van der Waals surface area contributed by atoms with Crippen molar-refractivity contribution in [2.24, 2.45) is 17.3 Å². The van der Waals surface area contributed by atoms with Gasteiger partial charge in [0.2, 0.25) is 0 Å². The van der Waals surface area contributed by atoms with E-state index in [9.17, 15) is 4.79 Å². The molecule has 0 aromatic heterocycles. The number of hydrogen-bond donors (Lipinski definition) is 0. The smallest absolute Gasteiger partial charge is 0.305 e. The summed E-state index contributed by atoms with van der Waals surface area (Å²) in [6.07, 6.45) is 7.54. The van der Waals surface area contributed by atoms with E-state index < -0.39 is 0 Å². The fourth-order valence-electron chi connectivity index (χ4n) is 3.03. The third-order valence-corrected chi connectivity index (χ3v) is 4.12. The maximum Gasteiger partial charge on any atom is 0.305 e. The fraction of sp³-hybridized carbons (Fsp3) is 0.833. The second-order valence-electron chi connectivity index (χ2n) is 7.13. The van der Waals surface area contributed by atoms with Crippen molar-refractivity contribution in [1.82, 2.24) is 0 Å². The van der Waals surface area contributed by atoms with Crippen molar-refractivity contribution < 1.29 is 14.3 Å². The van der Waals surface area contributed by atoms with Crippen LogP contribution in [0.3, 0.4) is 0 Å². The summed E-state index contributed by atoms with van der Waals surface area (Å²) in [6, 6.07) is 0. The Hall–Kier alpha value is -0.830. The lowest BCUT2D eigenvalue weighted by Crippen LogP contribution is -2.12. The predicted molar refractivity (Wildman–Crippen MR) is 86.1 cm³/mol. The van der Waals surface area contributed by atoms with Gasteiger partial charge in [-0.1, -0.05) is 38.8 Å². The van der Waals surface area contributed by atoms with Crippen LogP contribution in [0.1, 0.15) is 59.8 Å². The molecule has 0 spiro atoms. The van der Waals surface area contributed by atoms with Gasteiger partial charge in [0.1, 0.15) is 0 Å². The van der Waals surface area contributed by atoms with Crippen LogP contribution in [0, 0.1) is 17.3 Å². The van der Waals surface area contributed by atoms with Gasteiger partial charge >= 0.3 is 5.97 Å². The van der Waals surface area contributed by atoms with E-state index in [0.29, 0.717) is 18.3 Å². The first-order chi connectivity index (χ1) is 9.88. The molecule has 0 saturated heterocycles. The Morgan fingerprint density at radius 1 is 1.33 bits per heavy atom. The zero-order chi connectivity index (χ0) is 15.9. The molecule has 0 aromatic rings. The molecule has 2 atom stereocenters. The minimum absolute atomic E-state index is 0.0728. The van der Waals surface area contributed by atoms with Gasteiger partial charge in [-0.15, -0.1) is 0 Å². The number of rotatable bonds is 10. The first-order valence-electron chi connectivity index (χ1n) is 8.21. The highest BCUT2D eigenvalue weighted by Crippen LogP contribution is 2.48. The van der Waals surface area contributed by atoms with E-state index in [-0.39, 0.29) is 11.4 Å². The third kappa shape index (κ3) is 7.66. The molecule has 1 saturated carbocycles. The van der Waals surface area contributed by atoms with Crippen LogP contribution in [0.25, 0.3) is 0 Å². The highest BCUT2D eigenvalue weighted by molar-refractivity contribution is 5.69. The Kier molecular flexibility index (Phi) is 7.44. The SMILES string of the molecule is CCCCOC/C(C)=C/C(C)(C)CC1CC1CC(=O)OC. The first-order valence-corrected chi connectivity index (χ1v) is 8.21. The summed E-state index contributed by atoms with van der Waals surface area (Å²) < 4.78 is 10.4. The van der Waals surface area contributed by atoms with Gasteiger partial charge in [0.15, 0.2) is 0 Å². The largest absolute Gasteiger partial charge is 0.469 e. The summed E-state index contributed by atoms with van der Waals surface area (Å²) in [5.41, 5.74) is 1.48. The monoisotopic (exact) mass is 296 g/mol. The predicted octanol–water partition coefficient (Wildman–Crippen LogP) is 4.36. The Bertz CT molecular complexity index is 357. The van der Waals surface area contributed by atoms with Crippen LogP contribution in [0.5, 0.6) is 0 Å². The van der Waals surface area contributed by atoms with Gasteiger partial charge in [-0.05, 0) is 43.4 Å². The molecule has 122 valence electrons. The maximum atomic E-state index is 11.3. The van der Waals surface area contributed by atoms with Crippen LogP contribution in [-0.2, 0) is 14.3 Å². The zero-order valence-corrected chi connectivity index (χ0v) is 14.4. The number of carbonyl (C=O) groups excluding carboxylic acids is 1. The second kappa shape index (κ2) is 8.57. The number of ether oxygens (including phenoxy) is 2. The highest BCUT2D eigenvalue weighted by atomic mass is 16.5. The molecule has 1 aliphatic carbocycles. The normalized spacial score (nSPS) is 22.2. The number of carbonyl (C=O) groups is 1. The van der Waals surface area contributed by atoms with E-state index in [1.807, 2.05) is 0 Å². The number of unbranched alkanes of at least 4 members (excludes halogenated alkanes) is 1. The van der Waals surface area contributed by atoms with Crippen LogP contribution in [0.15, 0.2) is 11.6 Å². The Balaban J connectivity index is 2.31. The highest BCUT2D eigenvalue weighted by Gasteiger charge is 2.41. The van der Waals surface area contributed by atoms with E-state index in [4.69, 9.17) is 9.47 Å². The molecule has 0 aliphatic heterocycles. The van der Waals surface area contributed by atoms with Crippen molar-refractivity contribution in [3.8, 4) is 0 Å². The summed E-state index contributed by atoms with van der Waals surface area (Å²) in [4.78, 5) is 11.3. The summed E-state index contributed by atoms with van der Waals surface area (Å²) in [7, 11) is 1.47. The van der Waals surface area contributed by atoms with Crippen LogP contribution in [0.2, 0.25) is 0 Å². The molecule has 0 bridgehead atoms. The van der Waals surface area contributed by atoms with Crippen LogP contribution < -0.4 is 0 Å². The molecule has 1 aliphatic rings. The zero-order valence-electron chi connectivity index (χ0n) is 14.4. The van der Waals surface area contributed by atoms with Crippen molar-refractivity contribution in [1.29, 1.82) is 0 Å². The molecule has 0 amide bonds. The molecule has 2 unspecified atom stereocenters. The quantitative estimate of drug-likeness (QED) is 0.341. The Labute approximate surface area is 130 Å². The molecule has 0 heterocycles. The maximum absolute atomic E-state index is 11.3. The second-order valence-corrected chi connectivity index (χ2v) is 7.13. The Morgan fingerprint density at radius 3 is 2.67 bits per heavy atom. The minimum atomic E-state index is -0.0728. The van der Waals surface area contributed by atoms with Gasteiger partial charge in [-0.3, -0.25) is 4.79 Å². The average Bonchev–Trinajstić information content (AvgIpc) is 3.10. The Morgan fingerprint density at radius 2 is 2.05 bits per heavy atom. The molecule has 0 aromatic carbocycles. The van der Waals surface area contributed by atoms with Gasteiger partial charge in [0.05, 0.1) is 13.7 Å². The lowest BCUT2D eigenvalue weighted by Gasteiger charge is -2.22. The summed E-state index contributed by atoms with van der Waals surface area (Å²) >= 11 is 0. The van der Waals surface area contributed by atoms with Gasteiger partial charge in [0.25, 0.3) is 0 Å². The average molecular weight is 296 g/mol. The summed E-state index contributed by atoms with van der Waals surface area (Å²) in [5.74, 6) is 1.13. The van der Waals surface area contributed by atoms with Crippen LogP contribution in [-0.4, -0.2) is 26.3 Å². The molecular weight excluding hydrogens is 264 g/mol. The molecule has 1 fully saturated rings. The van der Waals surface area contributed by atoms with Gasteiger partial charge < -0.3 is 9.47 Å². The molecule has 0 N–H and O–H groups in total. The van der Waals surface area contributed by atoms with Crippen molar-refractivity contribution >= 4 is 5.97 Å². The van der Waals surface area contributed by atoms with Crippen molar-refractivity contribution in [3.05, 3.63) is 11.6 Å². The topological polar surface area (TPSA) is 35.5 Å². The summed E-state index contributed by atoms with van der Waals surface area (Å²) in [6.45, 7) is 10.5.